The number of aliphatic hydroxyl groups is 1. The largest absolute Gasteiger partial charge is 0.480 e. The zero-order chi connectivity index (χ0) is 46.3. The number of aliphatic hydroxyl groups excluding tert-OH is 1. The number of carbonyl (C=O) groups excluding carboxylic acids is 4. The molecule has 60 heavy (non-hydrogen) atoms. The van der Waals surface area contributed by atoms with Crippen LogP contribution in [0.15, 0.2) is 4.99 Å². The van der Waals surface area contributed by atoms with Crippen LogP contribution in [-0.4, -0.2) is 156 Å². The minimum atomic E-state index is -0.913. The highest BCUT2D eigenvalue weighted by Crippen LogP contribution is 2.39. The number of aliphatic carboxylic acids is 1. The molecule has 1 saturated heterocycles. The first-order chi connectivity index (χ1) is 26.8. The number of thiol groups is 1. The molecule has 18 nitrogen and oxygen atoms in total. The smallest absolute Gasteiger partial charge is 0.320 e. The number of unbranched alkanes of at least 4 members (excludes halogenated alkanes) is 2. The molecular weight excluding hydrogens is 831 g/mol. The Morgan fingerprint density at radius 3 is 1.68 bits per heavy atom. The number of carbonyl (C=O) groups is 5. The van der Waals surface area contributed by atoms with Crippen molar-refractivity contribution < 1.29 is 44.4 Å². The van der Waals surface area contributed by atoms with Crippen LogP contribution in [0.1, 0.15) is 113 Å². The van der Waals surface area contributed by atoms with Crippen LogP contribution >= 0.6 is 34.2 Å². The second-order valence-electron chi connectivity index (χ2n) is 14.6. The van der Waals surface area contributed by atoms with Gasteiger partial charge in [-0.2, -0.15) is 12.6 Å². The number of nitrogens with one attached hydrogen (secondary N) is 1. The Hall–Kier alpha value is -2.50. The van der Waals surface area contributed by atoms with Crippen molar-refractivity contribution >= 4 is 75.2 Å². The lowest BCUT2D eigenvalue weighted by molar-refractivity contribution is -0.870. The highest BCUT2D eigenvalue weighted by Gasteiger charge is 2.15. The van der Waals surface area contributed by atoms with E-state index >= 15 is 0 Å². The summed E-state index contributed by atoms with van der Waals surface area (Å²) in [5.74, 6) is 1.47. The molecule has 0 aliphatic carbocycles. The van der Waals surface area contributed by atoms with Gasteiger partial charge in [0.25, 0.3) is 0 Å². The molecule has 1 fully saturated rings. The van der Waals surface area contributed by atoms with Crippen molar-refractivity contribution in [3.63, 3.8) is 0 Å². The first-order valence-electron chi connectivity index (χ1n) is 19.5. The van der Waals surface area contributed by atoms with Crippen LogP contribution in [0.5, 0.6) is 0 Å². The van der Waals surface area contributed by atoms with Crippen molar-refractivity contribution in [1.82, 2.24) is 4.90 Å². The van der Waals surface area contributed by atoms with E-state index in [-0.39, 0.29) is 69.4 Å². The molecule has 0 saturated carbocycles. The summed E-state index contributed by atoms with van der Waals surface area (Å²) in [6, 6.07) is -1.36. The topological polar surface area (TPSA) is 349 Å². The first kappa shape index (κ1) is 72.0. The van der Waals surface area contributed by atoms with Gasteiger partial charge in [0.2, 0.25) is 0 Å². The molecule has 0 unspecified atom stereocenters. The van der Waals surface area contributed by atoms with Crippen molar-refractivity contribution in [1.29, 1.82) is 5.41 Å². The summed E-state index contributed by atoms with van der Waals surface area (Å²) in [5, 5.41) is 24.4. The van der Waals surface area contributed by atoms with Gasteiger partial charge >= 0.3 is 5.97 Å². The molecule has 21 heteroatoms. The maximum atomic E-state index is 10.7. The molecule has 0 amide bonds. The number of ketones is 4. The average molecular weight is 922 g/mol. The van der Waals surface area contributed by atoms with E-state index in [9.17, 15) is 24.0 Å². The Balaban J connectivity index is -0.000000113. The number of carboxylic acids is 1. The Labute approximate surface area is 377 Å². The predicted molar refractivity (Wildman–Crippen MR) is 259 cm³/mol. The summed E-state index contributed by atoms with van der Waals surface area (Å²) >= 11 is 3.92. The van der Waals surface area contributed by atoms with E-state index in [0.717, 1.165) is 54.9 Å². The lowest BCUT2D eigenvalue weighted by Crippen LogP contribution is -2.50. The van der Waals surface area contributed by atoms with Crippen molar-refractivity contribution in [3.8, 4) is 0 Å². The van der Waals surface area contributed by atoms with Crippen LogP contribution in [-0.2, 0) is 24.0 Å². The summed E-state index contributed by atoms with van der Waals surface area (Å²) in [6.45, 7) is 8.83. The number of nitrogens with zero attached hydrogens (tertiary/aromatic N) is 3. The molecule has 0 bridgehead atoms. The third kappa shape index (κ3) is 64.6. The first-order valence-corrected chi connectivity index (χ1v) is 22.5. The summed E-state index contributed by atoms with van der Waals surface area (Å²) < 4.78 is 0.844. The molecule has 1 aliphatic heterocycles. The molecule has 1 rings (SSSR count). The van der Waals surface area contributed by atoms with Gasteiger partial charge in [-0.05, 0) is 91.2 Å². The van der Waals surface area contributed by atoms with Crippen molar-refractivity contribution in [2.24, 2.45) is 39.4 Å². The van der Waals surface area contributed by atoms with Crippen LogP contribution in [0.2, 0.25) is 0 Å². The molecule has 360 valence electrons. The number of rotatable bonds is 22. The van der Waals surface area contributed by atoms with Crippen LogP contribution in [0.4, 0.5) is 0 Å². The number of aliphatic imine (C=N–C) groups is 1. The van der Waals surface area contributed by atoms with Crippen LogP contribution < -0.4 is 40.1 Å². The number of likely N-dealkylation sites (N-methyl/N-ethyl adjacent to an activating group) is 2. The number of nitrogens with two attached hydrogens (primary N) is 6. The van der Waals surface area contributed by atoms with Gasteiger partial charge in [0.15, 0.2) is 11.9 Å². The van der Waals surface area contributed by atoms with Gasteiger partial charge in [-0.3, -0.25) is 29.6 Å². The molecule has 0 aromatic rings. The van der Waals surface area contributed by atoms with Gasteiger partial charge in [-0.15, -0.1) is 0 Å². The van der Waals surface area contributed by atoms with E-state index in [1.165, 1.54) is 50.7 Å². The van der Waals surface area contributed by atoms with E-state index in [1.54, 1.807) is 14.0 Å². The second-order valence-corrected chi connectivity index (χ2v) is 17.9. The van der Waals surface area contributed by atoms with Gasteiger partial charge in [-0.1, -0.05) is 42.9 Å². The zero-order valence-corrected chi connectivity index (χ0v) is 39.3. The Morgan fingerprint density at radius 1 is 0.867 bits per heavy atom. The second kappa shape index (κ2) is 47.5. The fourth-order valence-electron chi connectivity index (χ4n) is 3.76. The monoisotopic (exact) mass is 922 g/mol. The summed E-state index contributed by atoms with van der Waals surface area (Å²) in [4.78, 5) is 57.3. The Bertz CT molecular complexity index is 1130. The number of hydrogen-bond acceptors (Lipinski definition) is 14. The van der Waals surface area contributed by atoms with Gasteiger partial charge in [-0.25, -0.2) is 0 Å². The van der Waals surface area contributed by atoms with Crippen molar-refractivity contribution in [3.05, 3.63) is 0 Å². The van der Waals surface area contributed by atoms with E-state index in [2.05, 4.69) is 44.5 Å². The zero-order valence-electron chi connectivity index (χ0n) is 36.7. The molecule has 1 aliphatic rings. The third-order valence-electron chi connectivity index (χ3n) is 7.46. The summed E-state index contributed by atoms with van der Waals surface area (Å²) in [6.07, 6.45) is 10.2. The highest BCUT2D eigenvalue weighted by molar-refractivity contribution is 8.77. The minimum Gasteiger partial charge on any atom is -0.480 e. The fraction of sp³-hybridized carbons (Fsp3) is 0.821. The van der Waals surface area contributed by atoms with E-state index < -0.39 is 12.0 Å². The van der Waals surface area contributed by atoms with E-state index in [0.29, 0.717) is 37.3 Å². The summed E-state index contributed by atoms with van der Waals surface area (Å²) in [5.41, 5.74) is 34.9. The SMILES string of the molecule is C.C.CC(=O)CCCC[C@@H]1CCSS1.CC(=O)CN(C)C(=N)N.CC(=O)[C@@H](N)CCCN=C(N)N.CC(=O)[C@@H](N)CCS.C[N+](C)(C)CCO.N[C@@H](CCCC[NH3+])C(=O)O. The minimum absolute atomic E-state index is 0. The number of guanidine groups is 2. The van der Waals surface area contributed by atoms with Gasteiger partial charge in [0.05, 0.1) is 52.9 Å². The summed E-state index contributed by atoms with van der Waals surface area (Å²) in [7, 11) is 11.8. The highest BCUT2D eigenvalue weighted by atomic mass is 33.1. The maximum Gasteiger partial charge on any atom is 0.320 e. The molecule has 0 aromatic heterocycles. The number of Topliss-reactive ketones (excluding diaryl/α,β-unsaturated/α-hetero) is 4. The molecule has 0 aromatic carbocycles. The molecular formula is C39H91N11O7S3+2. The third-order valence-corrected chi connectivity index (χ3v) is 10.7. The predicted octanol–water partition coefficient (Wildman–Crippen LogP) is 1.64. The van der Waals surface area contributed by atoms with E-state index in [4.69, 9.17) is 50.0 Å². The standard InChI is InChI=1S/C9H16OS2.C7H16N4O.C6H14N2O2.C5H11N3O.C5H11NOS.C5H14NO.2CH4/c1-8(10)4-2-3-5-9-6-7-11-12-9;1-5(12)6(8)3-2-4-11-7(9)10;7-4-2-1-3-5(8)6(9)10;1-4(9)3-8(2)5(6)7;1-4(7)5(6)2-3-8;1-6(2,3)4-5-7;;/h9H,2-7H2,1H3;6H,2-4,8H2,1H3,(H4,9,10,11);5H,1-4,7-8H2,(H,9,10);3H2,1-2H3,(H3,6,7);5,8H,2-3,6H2,1H3;7H,4-5H2,1-3H3;2*1H4/q;;;;;+1;;/p+1/t9-;6-;5-;;5-;;;/m100.0.../s1. The van der Waals surface area contributed by atoms with Gasteiger partial charge in [0, 0.05) is 31.0 Å². The maximum absolute atomic E-state index is 10.7. The molecule has 18 N–H and O–H groups in total. The lowest BCUT2D eigenvalue weighted by atomic mass is 10.1. The number of quaternary nitrogens is 2. The Kier molecular flexibility index (Phi) is 57.0. The van der Waals surface area contributed by atoms with Crippen LogP contribution in [0.25, 0.3) is 0 Å². The molecule has 4 atom stereocenters. The molecule has 0 radical (unpaired) electrons. The van der Waals surface area contributed by atoms with Gasteiger partial charge in [0.1, 0.15) is 35.7 Å². The molecule has 0 spiro atoms. The van der Waals surface area contributed by atoms with Crippen molar-refractivity contribution in [2.75, 3.05) is 72.5 Å². The quantitative estimate of drug-likeness (QED) is 0.0184. The average Bonchev–Trinajstić information content (AvgIpc) is 3.63. The van der Waals surface area contributed by atoms with Crippen LogP contribution in [0, 0.1) is 5.41 Å². The lowest BCUT2D eigenvalue weighted by Gasteiger charge is -2.21. The fourth-order valence-corrected chi connectivity index (χ4v) is 7.06. The molecule has 1 heterocycles. The van der Waals surface area contributed by atoms with Gasteiger partial charge < -0.3 is 64.5 Å². The van der Waals surface area contributed by atoms with E-state index in [1.807, 2.05) is 21.6 Å². The number of carboxylic acid groups (broad SMARTS) is 1. The van der Waals surface area contributed by atoms with Crippen LogP contribution in [0.3, 0.4) is 0 Å². The Morgan fingerprint density at radius 2 is 1.38 bits per heavy atom. The van der Waals surface area contributed by atoms with Crippen molar-refractivity contribution in [2.45, 2.75) is 137 Å². The number of hydrogen-bond donors (Lipinski definition) is 11. The normalized spacial score (nSPS) is 13.7.